The van der Waals surface area contributed by atoms with Crippen LogP contribution in [0.25, 0.3) is 6.08 Å². The highest BCUT2D eigenvalue weighted by Gasteiger charge is 2.15. The summed E-state index contributed by atoms with van der Waals surface area (Å²) in [6.07, 6.45) is 5.85. The Labute approximate surface area is 142 Å². The summed E-state index contributed by atoms with van der Waals surface area (Å²) in [6.45, 7) is 2.12. The van der Waals surface area contributed by atoms with Crippen LogP contribution in [0.4, 0.5) is 11.4 Å². The molecular formula is C17H17BrN2OS. The van der Waals surface area contributed by atoms with Gasteiger partial charge in [0, 0.05) is 24.0 Å². The van der Waals surface area contributed by atoms with Crippen molar-refractivity contribution in [1.82, 2.24) is 0 Å². The zero-order valence-corrected chi connectivity index (χ0v) is 14.5. The number of carbonyl (C=O) groups excluding carboxylic acids is 1. The SMILES string of the molecule is O=C(/C=C/c1ccc(Br)s1)Nc1ccccc1N1CCCC1. The van der Waals surface area contributed by atoms with Crippen LogP contribution in [0.15, 0.2) is 46.3 Å². The number of hydrogen-bond donors (Lipinski definition) is 1. The quantitative estimate of drug-likeness (QED) is 0.779. The molecule has 1 aromatic heterocycles. The number of carbonyl (C=O) groups is 1. The number of rotatable bonds is 4. The molecular weight excluding hydrogens is 360 g/mol. The molecule has 22 heavy (non-hydrogen) atoms. The molecule has 1 amide bonds. The molecule has 3 rings (SSSR count). The standard InChI is InChI=1S/C17H17BrN2OS/c18-16-9-7-13(22-16)8-10-17(21)19-14-5-1-2-6-15(14)20-11-3-4-12-20/h1-2,5-10H,3-4,11-12H2,(H,19,21)/b10-8+. The highest BCUT2D eigenvalue weighted by Crippen LogP contribution is 2.28. The minimum Gasteiger partial charge on any atom is -0.370 e. The molecule has 1 aliphatic rings. The second-order valence-electron chi connectivity index (χ2n) is 5.18. The lowest BCUT2D eigenvalue weighted by Crippen LogP contribution is -2.20. The van der Waals surface area contributed by atoms with Crippen LogP contribution in [-0.4, -0.2) is 19.0 Å². The van der Waals surface area contributed by atoms with Crippen LogP contribution in [0.3, 0.4) is 0 Å². The van der Waals surface area contributed by atoms with Crippen LogP contribution in [0.2, 0.25) is 0 Å². The number of nitrogens with one attached hydrogen (secondary N) is 1. The van der Waals surface area contributed by atoms with Crippen LogP contribution >= 0.6 is 27.3 Å². The van der Waals surface area contributed by atoms with Crippen molar-refractivity contribution in [2.75, 3.05) is 23.3 Å². The van der Waals surface area contributed by atoms with Crippen LogP contribution < -0.4 is 10.2 Å². The first-order valence-corrected chi connectivity index (χ1v) is 8.92. The predicted octanol–water partition coefficient (Wildman–Crippen LogP) is 4.76. The topological polar surface area (TPSA) is 32.3 Å². The lowest BCUT2D eigenvalue weighted by molar-refractivity contribution is -0.111. The smallest absolute Gasteiger partial charge is 0.248 e. The van der Waals surface area contributed by atoms with E-state index < -0.39 is 0 Å². The number of nitrogens with zero attached hydrogens (tertiary/aromatic N) is 1. The molecule has 114 valence electrons. The van der Waals surface area contributed by atoms with Gasteiger partial charge in [-0.1, -0.05) is 12.1 Å². The third kappa shape index (κ3) is 3.78. The Morgan fingerprint density at radius 1 is 1.18 bits per heavy atom. The second kappa shape index (κ2) is 7.11. The fraction of sp³-hybridized carbons (Fsp3) is 0.235. The van der Waals surface area contributed by atoms with E-state index in [1.54, 1.807) is 17.4 Å². The number of hydrogen-bond acceptors (Lipinski definition) is 3. The van der Waals surface area contributed by atoms with Crippen LogP contribution in [-0.2, 0) is 4.79 Å². The molecule has 0 aliphatic carbocycles. The zero-order valence-electron chi connectivity index (χ0n) is 12.1. The summed E-state index contributed by atoms with van der Waals surface area (Å²) in [5.74, 6) is -0.101. The van der Waals surface area contributed by atoms with Crippen LogP contribution in [0.1, 0.15) is 17.7 Å². The van der Waals surface area contributed by atoms with Gasteiger partial charge in [0.15, 0.2) is 0 Å². The monoisotopic (exact) mass is 376 g/mol. The molecule has 1 saturated heterocycles. The third-order valence-electron chi connectivity index (χ3n) is 3.60. The molecule has 1 aliphatic heterocycles. The minimum absolute atomic E-state index is 0.101. The largest absolute Gasteiger partial charge is 0.370 e. The molecule has 0 atom stereocenters. The Morgan fingerprint density at radius 3 is 2.68 bits per heavy atom. The number of para-hydroxylation sites is 2. The van der Waals surface area contributed by atoms with Crippen molar-refractivity contribution in [2.24, 2.45) is 0 Å². The average molecular weight is 377 g/mol. The Morgan fingerprint density at radius 2 is 1.95 bits per heavy atom. The van der Waals surface area contributed by atoms with E-state index >= 15 is 0 Å². The van der Waals surface area contributed by atoms with Gasteiger partial charge in [0.2, 0.25) is 5.91 Å². The van der Waals surface area contributed by atoms with Gasteiger partial charge < -0.3 is 10.2 Å². The summed E-state index contributed by atoms with van der Waals surface area (Å²) in [6, 6.07) is 12.0. The van der Waals surface area contributed by atoms with Gasteiger partial charge in [-0.2, -0.15) is 0 Å². The fourth-order valence-electron chi connectivity index (χ4n) is 2.56. The van der Waals surface area contributed by atoms with E-state index in [-0.39, 0.29) is 5.91 Å². The van der Waals surface area contributed by atoms with E-state index in [0.717, 1.165) is 33.1 Å². The summed E-state index contributed by atoms with van der Waals surface area (Å²) in [7, 11) is 0. The number of benzene rings is 1. The molecule has 1 aromatic carbocycles. The Kier molecular flexibility index (Phi) is 4.95. The molecule has 1 N–H and O–H groups in total. The average Bonchev–Trinajstić information content (AvgIpc) is 3.17. The Hall–Kier alpha value is -1.59. The van der Waals surface area contributed by atoms with E-state index in [9.17, 15) is 4.79 Å². The number of halogens is 1. The molecule has 2 aromatic rings. The van der Waals surface area contributed by atoms with Gasteiger partial charge in [-0.15, -0.1) is 11.3 Å². The molecule has 0 bridgehead atoms. The lowest BCUT2D eigenvalue weighted by atomic mass is 10.2. The van der Waals surface area contributed by atoms with E-state index in [2.05, 4.69) is 32.2 Å². The van der Waals surface area contributed by atoms with Crippen LogP contribution in [0.5, 0.6) is 0 Å². The van der Waals surface area contributed by atoms with Crippen molar-refractivity contribution in [3.05, 3.63) is 51.1 Å². The molecule has 0 spiro atoms. The van der Waals surface area contributed by atoms with Gasteiger partial charge in [-0.25, -0.2) is 0 Å². The summed E-state index contributed by atoms with van der Waals surface area (Å²) in [4.78, 5) is 15.5. The maximum absolute atomic E-state index is 12.1. The Balaban J connectivity index is 1.70. The van der Waals surface area contributed by atoms with Crippen molar-refractivity contribution < 1.29 is 4.79 Å². The molecule has 2 heterocycles. The van der Waals surface area contributed by atoms with Crippen molar-refractivity contribution in [1.29, 1.82) is 0 Å². The van der Waals surface area contributed by atoms with Gasteiger partial charge in [0.05, 0.1) is 15.2 Å². The van der Waals surface area contributed by atoms with Gasteiger partial charge >= 0.3 is 0 Å². The number of anilines is 2. The maximum Gasteiger partial charge on any atom is 0.248 e. The van der Waals surface area contributed by atoms with Gasteiger partial charge in [0.1, 0.15) is 0 Å². The van der Waals surface area contributed by atoms with E-state index in [1.807, 2.05) is 36.4 Å². The van der Waals surface area contributed by atoms with Gasteiger partial charge in [-0.3, -0.25) is 4.79 Å². The van der Waals surface area contributed by atoms with Gasteiger partial charge in [0.25, 0.3) is 0 Å². The minimum atomic E-state index is -0.101. The summed E-state index contributed by atoms with van der Waals surface area (Å²) in [5.41, 5.74) is 1.99. The first-order valence-electron chi connectivity index (χ1n) is 7.31. The number of thiophene rings is 1. The normalized spacial score (nSPS) is 14.7. The number of amides is 1. The third-order valence-corrected chi connectivity index (χ3v) is 5.19. The van der Waals surface area contributed by atoms with E-state index in [0.29, 0.717) is 0 Å². The highest BCUT2D eigenvalue weighted by atomic mass is 79.9. The molecule has 0 radical (unpaired) electrons. The predicted molar refractivity (Wildman–Crippen MR) is 97.6 cm³/mol. The van der Waals surface area contributed by atoms with Crippen molar-refractivity contribution in [3.63, 3.8) is 0 Å². The lowest BCUT2D eigenvalue weighted by Gasteiger charge is -2.21. The zero-order chi connectivity index (χ0) is 15.4. The summed E-state index contributed by atoms with van der Waals surface area (Å²) < 4.78 is 1.06. The van der Waals surface area contributed by atoms with Crippen LogP contribution in [0, 0.1) is 0 Å². The fourth-order valence-corrected chi connectivity index (χ4v) is 3.89. The molecule has 0 unspecified atom stereocenters. The maximum atomic E-state index is 12.1. The molecule has 1 fully saturated rings. The van der Waals surface area contributed by atoms with Crippen molar-refractivity contribution in [3.8, 4) is 0 Å². The summed E-state index contributed by atoms with van der Waals surface area (Å²) in [5, 5.41) is 2.99. The second-order valence-corrected chi connectivity index (χ2v) is 7.67. The molecule has 0 saturated carbocycles. The first-order chi connectivity index (χ1) is 10.7. The summed E-state index contributed by atoms with van der Waals surface area (Å²) >= 11 is 5.02. The molecule has 3 nitrogen and oxygen atoms in total. The first kappa shape index (κ1) is 15.3. The highest BCUT2D eigenvalue weighted by molar-refractivity contribution is 9.11. The van der Waals surface area contributed by atoms with E-state index in [4.69, 9.17) is 0 Å². The van der Waals surface area contributed by atoms with Gasteiger partial charge in [-0.05, 0) is 59.1 Å². The van der Waals surface area contributed by atoms with E-state index in [1.165, 1.54) is 12.8 Å². The molecule has 5 heteroatoms. The van der Waals surface area contributed by atoms with Crippen molar-refractivity contribution >= 4 is 50.6 Å². The van der Waals surface area contributed by atoms with Crippen molar-refractivity contribution in [2.45, 2.75) is 12.8 Å². The Bertz CT molecular complexity index is 689.